The lowest BCUT2D eigenvalue weighted by Crippen LogP contribution is -2.36. The van der Waals surface area contributed by atoms with Crippen LogP contribution < -0.4 is 5.73 Å². The molecule has 1 aliphatic heterocycles. The SMILES string of the molecule is NCC(=O)N1CCCC(c2ccccc2)CC1. The van der Waals surface area contributed by atoms with E-state index < -0.39 is 0 Å². The van der Waals surface area contributed by atoms with E-state index in [2.05, 4.69) is 24.3 Å². The second-order valence-corrected chi connectivity index (χ2v) is 4.62. The van der Waals surface area contributed by atoms with Gasteiger partial charge < -0.3 is 10.6 Å². The van der Waals surface area contributed by atoms with Crippen LogP contribution in [0.2, 0.25) is 0 Å². The predicted molar refractivity (Wildman–Crippen MR) is 68.7 cm³/mol. The third-order valence-electron chi connectivity index (χ3n) is 3.53. The van der Waals surface area contributed by atoms with Crippen molar-refractivity contribution in [2.24, 2.45) is 5.73 Å². The first kappa shape index (κ1) is 12.1. The highest BCUT2D eigenvalue weighted by molar-refractivity contribution is 5.78. The molecule has 92 valence electrons. The summed E-state index contributed by atoms with van der Waals surface area (Å²) >= 11 is 0. The van der Waals surface area contributed by atoms with Crippen molar-refractivity contribution in [3.63, 3.8) is 0 Å². The minimum atomic E-state index is 0.0821. The summed E-state index contributed by atoms with van der Waals surface area (Å²) in [4.78, 5) is 13.5. The van der Waals surface area contributed by atoms with E-state index in [9.17, 15) is 4.79 Å². The Balaban J connectivity index is 1.99. The molecular formula is C14H20N2O. The Labute approximate surface area is 103 Å². The van der Waals surface area contributed by atoms with Crippen LogP contribution >= 0.6 is 0 Å². The third-order valence-corrected chi connectivity index (χ3v) is 3.53. The average Bonchev–Trinajstić information content (AvgIpc) is 2.64. The summed E-state index contributed by atoms with van der Waals surface area (Å²) in [5, 5.41) is 0. The predicted octanol–water partition coefficient (Wildman–Crippen LogP) is 1.74. The monoisotopic (exact) mass is 232 g/mol. The molecule has 0 bridgehead atoms. The Hall–Kier alpha value is -1.35. The zero-order chi connectivity index (χ0) is 12.1. The molecule has 0 spiro atoms. The smallest absolute Gasteiger partial charge is 0.236 e. The summed E-state index contributed by atoms with van der Waals surface area (Å²) < 4.78 is 0. The molecule has 1 aromatic carbocycles. The molecule has 0 aromatic heterocycles. The van der Waals surface area contributed by atoms with Gasteiger partial charge in [-0.05, 0) is 30.7 Å². The summed E-state index contributed by atoms with van der Waals surface area (Å²) in [5.41, 5.74) is 6.81. The number of hydrogen-bond donors (Lipinski definition) is 1. The van der Waals surface area contributed by atoms with Crippen LogP contribution in [0.5, 0.6) is 0 Å². The topological polar surface area (TPSA) is 46.3 Å². The maximum atomic E-state index is 11.6. The fourth-order valence-corrected chi connectivity index (χ4v) is 2.53. The van der Waals surface area contributed by atoms with Gasteiger partial charge >= 0.3 is 0 Å². The van der Waals surface area contributed by atoms with Crippen molar-refractivity contribution in [3.8, 4) is 0 Å². The van der Waals surface area contributed by atoms with Gasteiger partial charge in [0.2, 0.25) is 5.91 Å². The van der Waals surface area contributed by atoms with Crippen LogP contribution in [0.25, 0.3) is 0 Å². The molecule has 17 heavy (non-hydrogen) atoms. The molecule has 0 saturated carbocycles. The Morgan fingerprint density at radius 1 is 1.24 bits per heavy atom. The van der Waals surface area contributed by atoms with E-state index in [0.717, 1.165) is 25.9 Å². The minimum Gasteiger partial charge on any atom is -0.342 e. The first-order valence-electron chi connectivity index (χ1n) is 6.34. The molecule has 3 nitrogen and oxygen atoms in total. The van der Waals surface area contributed by atoms with Crippen LogP contribution in [0.3, 0.4) is 0 Å². The van der Waals surface area contributed by atoms with Crippen molar-refractivity contribution in [1.29, 1.82) is 0 Å². The Morgan fingerprint density at radius 2 is 2.00 bits per heavy atom. The average molecular weight is 232 g/mol. The van der Waals surface area contributed by atoms with Crippen LogP contribution in [-0.2, 0) is 4.79 Å². The van der Waals surface area contributed by atoms with Crippen LogP contribution in [-0.4, -0.2) is 30.4 Å². The van der Waals surface area contributed by atoms with Gasteiger partial charge in [-0.2, -0.15) is 0 Å². The van der Waals surface area contributed by atoms with Gasteiger partial charge in [0.15, 0.2) is 0 Å². The molecule has 1 aliphatic rings. The van der Waals surface area contributed by atoms with Gasteiger partial charge in [-0.25, -0.2) is 0 Å². The van der Waals surface area contributed by atoms with Gasteiger partial charge in [0.05, 0.1) is 6.54 Å². The molecule has 0 aliphatic carbocycles. The number of nitrogens with zero attached hydrogens (tertiary/aromatic N) is 1. The van der Waals surface area contributed by atoms with E-state index >= 15 is 0 Å². The lowest BCUT2D eigenvalue weighted by atomic mass is 9.92. The van der Waals surface area contributed by atoms with Crippen molar-refractivity contribution in [1.82, 2.24) is 4.90 Å². The van der Waals surface area contributed by atoms with Crippen molar-refractivity contribution >= 4 is 5.91 Å². The highest BCUT2D eigenvalue weighted by atomic mass is 16.2. The van der Waals surface area contributed by atoms with Crippen LogP contribution in [0, 0.1) is 0 Å². The van der Waals surface area contributed by atoms with Crippen LogP contribution in [0.4, 0.5) is 0 Å². The first-order valence-corrected chi connectivity index (χ1v) is 6.34. The molecule has 2 N–H and O–H groups in total. The normalized spacial score (nSPS) is 21.0. The number of hydrogen-bond acceptors (Lipinski definition) is 2. The van der Waals surface area contributed by atoms with Gasteiger partial charge in [0.25, 0.3) is 0 Å². The summed E-state index contributed by atoms with van der Waals surface area (Å²) in [7, 11) is 0. The van der Waals surface area contributed by atoms with E-state index in [-0.39, 0.29) is 12.5 Å². The fraction of sp³-hybridized carbons (Fsp3) is 0.500. The lowest BCUT2D eigenvalue weighted by molar-refractivity contribution is -0.129. The fourth-order valence-electron chi connectivity index (χ4n) is 2.53. The van der Waals surface area contributed by atoms with Gasteiger partial charge in [-0.3, -0.25) is 4.79 Å². The highest BCUT2D eigenvalue weighted by Gasteiger charge is 2.20. The second-order valence-electron chi connectivity index (χ2n) is 4.62. The van der Waals surface area contributed by atoms with Gasteiger partial charge in [0.1, 0.15) is 0 Å². The minimum absolute atomic E-state index is 0.0821. The number of rotatable bonds is 2. The molecule has 1 unspecified atom stereocenters. The van der Waals surface area contributed by atoms with Crippen LogP contribution in [0.15, 0.2) is 30.3 Å². The molecule has 1 saturated heterocycles. The van der Waals surface area contributed by atoms with E-state index in [0.29, 0.717) is 5.92 Å². The Morgan fingerprint density at radius 3 is 2.71 bits per heavy atom. The molecule has 1 amide bonds. The third kappa shape index (κ3) is 3.07. The van der Waals surface area contributed by atoms with Crippen molar-refractivity contribution < 1.29 is 4.79 Å². The largest absolute Gasteiger partial charge is 0.342 e. The van der Waals surface area contributed by atoms with E-state index in [1.165, 1.54) is 12.0 Å². The number of nitrogens with two attached hydrogens (primary N) is 1. The van der Waals surface area contributed by atoms with Crippen molar-refractivity contribution in [2.45, 2.75) is 25.2 Å². The second kappa shape index (κ2) is 5.82. The molecule has 1 aromatic rings. The number of amides is 1. The molecule has 1 atom stereocenters. The quantitative estimate of drug-likeness (QED) is 0.844. The first-order chi connectivity index (χ1) is 8.31. The van der Waals surface area contributed by atoms with Crippen LogP contribution in [0.1, 0.15) is 30.7 Å². The van der Waals surface area contributed by atoms with Crippen molar-refractivity contribution in [2.75, 3.05) is 19.6 Å². The maximum Gasteiger partial charge on any atom is 0.236 e. The number of carbonyl (C=O) groups is 1. The number of benzene rings is 1. The number of carbonyl (C=O) groups excluding carboxylic acids is 1. The van der Waals surface area contributed by atoms with E-state index in [4.69, 9.17) is 5.73 Å². The molecular weight excluding hydrogens is 212 g/mol. The Kier molecular flexibility index (Phi) is 4.15. The van der Waals surface area contributed by atoms with Gasteiger partial charge in [-0.15, -0.1) is 0 Å². The highest BCUT2D eigenvalue weighted by Crippen LogP contribution is 2.27. The standard InChI is InChI=1S/C14H20N2O/c15-11-14(17)16-9-4-7-13(8-10-16)12-5-2-1-3-6-12/h1-3,5-6,13H,4,7-11,15H2. The number of likely N-dealkylation sites (tertiary alicyclic amines) is 1. The maximum absolute atomic E-state index is 11.6. The molecule has 3 heteroatoms. The molecule has 0 radical (unpaired) electrons. The zero-order valence-electron chi connectivity index (χ0n) is 10.1. The summed E-state index contributed by atoms with van der Waals surface area (Å²) in [6.07, 6.45) is 3.29. The van der Waals surface area contributed by atoms with E-state index in [1.807, 2.05) is 11.0 Å². The summed E-state index contributed by atoms with van der Waals surface area (Å²) in [5.74, 6) is 0.672. The summed E-state index contributed by atoms with van der Waals surface area (Å²) in [6.45, 7) is 1.84. The Bertz CT molecular complexity index is 364. The molecule has 1 heterocycles. The molecule has 1 fully saturated rings. The zero-order valence-corrected chi connectivity index (χ0v) is 10.1. The van der Waals surface area contributed by atoms with Crippen molar-refractivity contribution in [3.05, 3.63) is 35.9 Å². The van der Waals surface area contributed by atoms with Gasteiger partial charge in [0, 0.05) is 13.1 Å². The lowest BCUT2D eigenvalue weighted by Gasteiger charge is -2.19. The summed E-state index contributed by atoms with van der Waals surface area (Å²) in [6, 6.07) is 10.6. The van der Waals surface area contributed by atoms with E-state index in [1.54, 1.807) is 0 Å². The molecule has 2 rings (SSSR count). The van der Waals surface area contributed by atoms with Gasteiger partial charge in [-0.1, -0.05) is 30.3 Å².